The fourth-order valence-electron chi connectivity index (χ4n) is 1.09. The van der Waals surface area contributed by atoms with E-state index in [9.17, 15) is 4.79 Å². The maximum atomic E-state index is 11.6. The predicted molar refractivity (Wildman–Crippen MR) is 49.3 cm³/mol. The van der Waals surface area contributed by atoms with Crippen LogP contribution in [0.3, 0.4) is 0 Å². The lowest BCUT2D eigenvalue weighted by molar-refractivity contribution is 0.0767. The Bertz CT molecular complexity index is 269. The van der Waals surface area contributed by atoms with E-state index in [2.05, 4.69) is 9.97 Å². The van der Waals surface area contributed by atoms with Gasteiger partial charge in [0.15, 0.2) is 0 Å². The number of hydrogen-bond donors (Lipinski definition) is 0. The molecule has 1 heterocycles. The number of carbonyl (C=O) groups excluding carboxylic acids is 1. The highest BCUT2D eigenvalue weighted by Gasteiger charge is 2.12. The average Bonchev–Trinajstić information content (AvgIpc) is 2.21. The summed E-state index contributed by atoms with van der Waals surface area (Å²) in [6, 6.07) is 1.63. The number of carbonyl (C=O) groups is 1. The largest absolute Gasteiger partial charge is 0.338 e. The van der Waals surface area contributed by atoms with Crippen LogP contribution in [0, 0.1) is 0 Å². The van der Waals surface area contributed by atoms with Crippen LogP contribution in [0.2, 0.25) is 0 Å². The molecule has 0 aliphatic carbocycles. The summed E-state index contributed by atoms with van der Waals surface area (Å²) in [4.78, 5) is 21.0. The van der Waals surface area contributed by atoms with Crippen LogP contribution in [0.15, 0.2) is 18.6 Å². The molecule has 0 spiro atoms. The first-order valence-corrected chi connectivity index (χ1v) is 4.34. The van der Waals surface area contributed by atoms with Crippen molar-refractivity contribution in [3.63, 3.8) is 0 Å². The summed E-state index contributed by atoms with van der Waals surface area (Å²) >= 11 is 0. The third-order valence-electron chi connectivity index (χ3n) is 1.85. The van der Waals surface area contributed by atoms with Crippen molar-refractivity contribution in [1.82, 2.24) is 14.9 Å². The van der Waals surface area contributed by atoms with Crippen LogP contribution in [0.25, 0.3) is 0 Å². The van der Waals surface area contributed by atoms with Gasteiger partial charge < -0.3 is 4.90 Å². The Balaban J connectivity index is 2.78. The van der Waals surface area contributed by atoms with Crippen molar-refractivity contribution >= 4 is 5.91 Å². The van der Waals surface area contributed by atoms with Gasteiger partial charge in [-0.15, -0.1) is 0 Å². The Morgan fingerprint density at radius 1 is 1.46 bits per heavy atom. The molecule has 0 saturated heterocycles. The molecular weight excluding hydrogens is 166 g/mol. The van der Waals surface area contributed by atoms with Crippen LogP contribution in [0.5, 0.6) is 0 Å². The van der Waals surface area contributed by atoms with E-state index in [0.717, 1.165) is 0 Å². The second-order valence-electron chi connectivity index (χ2n) is 2.57. The summed E-state index contributed by atoms with van der Waals surface area (Å²) in [5.74, 6) is -0.0348. The van der Waals surface area contributed by atoms with E-state index < -0.39 is 0 Å². The molecule has 4 heteroatoms. The van der Waals surface area contributed by atoms with E-state index in [1.807, 2.05) is 13.8 Å². The summed E-state index contributed by atoms with van der Waals surface area (Å²) < 4.78 is 0. The lowest BCUT2D eigenvalue weighted by Crippen LogP contribution is -2.31. The van der Waals surface area contributed by atoms with Crippen LogP contribution < -0.4 is 0 Å². The molecule has 0 radical (unpaired) electrons. The van der Waals surface area contributed by atoms with Gasteiger partial charge in [-0.05, 0) is 19.9 Å². The molecule has 4 nitrogen and oxygen atoms in total. The Hall–Kier alpha value is -1.45. The Morgan fingerprint density at radius 3 is 2.62 bits per heavy atom. The van der Waals surface area contributed by atoms with Crippen molar-refractivity contribution in [2.24, 2.45) is 0 Å². The SMILES string of the molecule is CCN(CC)C(=O)c1ccncn1. The standard InChI is InChI=1S/C9H13N3O/c1-3-12(4-2)9(13)8-5-6-10-7-11-8/h5-7H,3-4H2,1-2H3. The molecule has 0 aliphatic heterocycles. The number of rotatable bonds is 3. The molecule has 0 N–H and O–H groups in total. The van der Waals surface area contributed by atoms with Crippen LogP contribution in [0.1, 0.15) is 24.3 Å². The van der Waals surface area contributed by atoms with E-state index in [1.54, 1.807) is 17.2 Å². The maximum Gasteiger partial charge on any atom is 0.272 e. The predicted octanol–water partition coefficient (Wildman–Crippen LogP) is 0.959. The molecule has 0 bridgehead atoms. The fourth-order valence-corrected chi connectivity index (χ4v) is 1.09. The van der Waals surface area contributed by atoms with Crippen molar-refractivity contribution in [2.75, 3.05) is 13.1 Å². The number of amides is 1. The molecule has 0 fully saturated rings. The zero-order valence-corrected chi connectivity index (χ0v) is 7.90. The topological polar surface area (TPSA) is 46.1 Å². The average molecular weight is 179 g/mol. The minimum absolute atomic E-state index is 0.0348. The molecule has 0 saturated carbocycles. The van der Waals surface area contributed by atoms with E-state index >= 15 is 0 Å². The molecule has 70 valence electrons. The lowest BCUT2D eigenvalue weighted by Gasteiger charge is -2.17. The minimum atomic E-state index is -0.0348. The molecule has 0 atom stereocenters. The first kappa shape index (κ1) is 9.64. The van der Waals surface area contributed by atoms with Gasteiger partial charge in [0, 0.05) is 19.3 Å². The van der Waals surface area contributed by atoms with Gasteiger partial charge in [-0.1, -0.05) is 0 Å². The van der Waals surface area contributed by atoms with Crippen LogP contribution in [-0.2, 0) is 0 Å². The van der Waals surface area contributed by atoms with Gasteiger partial charge in [0.2, 0.25) is 0 Å². The first-order valence-electron chi connectivity index (χ1n) is 4.34. The normalized spacial score (nSPS) is 9.69. The molecule has 0 unspecified atom stereocenters. The quantitative estimate of drug-likeness (QED) is 0.694. The maximum absolute atomic E-state index is 11.6. The highest BCUT2D eigenvalue weighted by Crippen LogP contribution is 1.99. The second-order valence-corrected chi connectivity index (χ2v) is 2.57. The third-order valence-corrected chi connectivity index (χ3v) is 1.85. The van der Waals surface area contributed by atoms with Crippen molar-refractivity contribution in [2.45, 2.75) is 13.8 Å². The van der Waals surface area contributed by atoms with Gasteiger partial charge in [0.25, 0.3) is 5.91 Å². The minimum Gasteiger partial charge on any atom is -0.338 e. The Kier molecular flexibility index (Phi) is 3.37. The van der Waals surface area contributed by atoms with E-state index in [1.165, 1.54) is 6.33 Å². The van der Waals surface area contributed by atoms with E-state index in [0.29, 0.717) is 18.8 Å². The molecule has 1 aromatic heterocycles. The lowest BCUT2D eigenvalue weighted by atomic mass is 10.3. The highest BCUT2D eigenvalue weighted by molar-refractivity contribution is 5.92. The number of aromatic nitrogens is 2. The molecular formula is C9H13N3O. The van der Waals surface area contributed by atoms with Crippen molar-refractivity contribution < 1.29 is 4.79 Å². The summed E-state index contributed by atoms with van der Waals surface area (Å²) in [6.45, 7) is 5.31. The highest BCUT2D eigenvalue weighted by atomic mass is 16.2. The summed E-state index contributed by atoms with van der Waals surface area (Å²) in [6.07, 6.45) is 2.96. The molecule has 13 heavy (non-hydrogen) atoms. The van der Waals surface area contributed by atoms with Crippen molar-refractivity contribution in [3.8, 4) is 0 Å². The smallest absolute Gasteiger partial charge is 0.272 e. The summed E-state index contributed by atoms with van der Waals surface area (Å²) in [5.41, 5.74) is 0.457. The third kappa shape index (κ3) is 2.24. The zero-order valence-electron chi connectivity index (χ0n) is 7.90. The van der Waals surface area contributed by atoms with Crippen LogP contribution in [-0.4, -0.2) is 33.9 Å². The number of nitrogens with zero attached hydrogens (tertiary/aromatic N) is 3. The van der Waals surface area contributed by atoms with Gasteiger partial charge in [-0.25, -0.2) is 9.97 Å². The van der Waals surface area contributed by atoms with Crippen LogP contribution in [0.4, 0.5) is 0 Å². The van der Waals surface area contributed by atoms with E-state index in [4.69, 9.17) is 0 Å². The fraction of sp³-hybridized carbons (Fsp3) is 0.444. The summed E-state index contributed by atoms with van der Waals surface area (Å²) in [5, 5.41) is 0. The molecule has 1 aromatic rings. The molecule has 0 aromatic carbocycles. The van der Waals surface area contributed by atoms with Gasteiger partial charge in [0.05, 0.1) is 0 Å². The van der Waals surface area contributed by atoms with Crippen molar-refractivity contribution in [3.05, 3.63) is 24.3 Å². The van der Waals surface area contributed by atoms with Gasteiger partial charge in [0.1, 0.15) is 12.0 Å². The zero-order chi connectivity index (χ0) is 9.68. The number of hydrogen-bond acceptors (Lipinski definition) is 3. The van der Waals surface area contributed by atoms with Gasteiger partial charge >= 0.3 is 0 Å². The van der Waals surface area contributed by atoms with Crippen molar-refractivity contribution in [1.29, 1.82) is 0 Å². The first-order chi connectivity index (χ1) is 6.29. The summed E-state index contributed by atoms with van der Waals surface area (Å²) in [7, 11) is 0. The molecule has 0 aliphatic rings. The molecule has 1 amide bonds. The monoisotopic (exact) mass is 179 g/mol. The van der Waals surface area contributed by atoms with Crippen LogP contribution >= 0.6 is 0 Å². The molecule has 1 rings (SSSR count). The Morgan fingerprint density at radius 2 is 2.15 bits per heavy atom. The van der Waals surface area contributed by atoms with E-state index in [-0.39, 0.29) is 5.91 Å². The Labute approximate surface area is 77.6 Å². The second kappa shape index (κ2) is 4.54. The van der Waals surface area contributed by atoms with Gasteiger partial charge in [-0.2, -0.15) is 0 Å². The van der Waals surface area contributed by atoms with Gasteiger partial charge in [-0.3, -0.25) is 4.79 Å².